The van der Waals surface area contributed by atoms with Crippen molar-refractivity contribution in [2.24, 2.45) is 5.73 Å². The van der Waals surface area contributed by atoms with E-state index in [0.717, 1.165) is 0 Å². The summed E-state index contributed by atoms with van der Waals surface area (Å²) in [6, 6.07) is 7.78. The highest BCUT2D eigenvalue weighted by atomic mass is 35.5. The topological polar surface area (TPSA) is 83.7 Å². The molecule has 0 unspecified atom stereocenters. The van der Waals surface area contributed by atoms with Gasteiger partial charge in [0.15, 0.2) is 0 Å². The van der Waals surface area contributed by atoms with Crippen molar-refractivity contribution < 1.29 is 13.2 Å². The lowest BCUT2D eigenvalue weighted by molar-refractivity contribution is -0.133. The van der Waals surface area contributed by atoms with Gasteiger partial charge >= 0.3 is 0 Å². The van der Waals surface area contributed by atoms with Crippen LogP contribution in [-0.2, 0) is 14.8 Å². The van der Waals surface area contributed by atoms with Gasteiger partial charge in [-0.25, -0.2) is 8.42 Å². The lowest BCUT2D eigenvalue weighted by Crippen LogP contribution is -2.53. The summed E-state index contributed by atoms with van der Waals surface area (Å²) in [5, 5.41) is 0. The van der Waals surface area contributed by atoms with Gasteiger partial charge in [-0.2, -0.15) is 4.31 Å². The number of hydrogen-bond acceptors (Lipinski definition) is 4. The second kappa shape index (κ2) is 7.22. The van der Waals surface area contributed by atoms with E-state index < -0.39 is 16.1 Å². The first-order chi connectivity index (χ1) is 9.43. The molecule has 0 spiro atoms. The van der Waals surface area contributed by atoms with Crippen molar-refractivity contribution in [3.8, 4) is 0 Å². The monoisotopic (exact) mass is 333 g/mol. The smallest absolute Gasteiger partial charge is 0.243 e. The Morgan fingerprint density at radius 2 is 1.67 bits per heavy atom. The molecule has 21 heavy (non-hydrogen) atoms. The van der Waals surface area contributed by atoms with E-state index in [1.165, 1.54) is 4.31 Å². The number of hydrogen-bond donors (Lipinski definition) is 1. The molecule has 1 aliphatic heterocycles. The molecule has 6 nitrogen and oxygen atoms in total. The Balaban J connectivity index is 0.00000220. The van der Waals surface area contributed by atoms with Gasteiger partial charge in [0.05, 0.1) is 10.9 Å². The van der Waals surface area contributed by atoms with E-state index in [9.17, 15) is 13.2 Å². The molecular formula is C13H20ClN3O3S. The molecule has 1 amide bonds. The normalized spacial score (nSPS) is 17.9. The van der Waals surface area contributed by atoms with Gasteiger partial charge in [-0.1, -0.05) is 18.2 Å². The fourth-order valence-corrected chi connectivity index (χ4v) is 3.62. The average Bonchev–Trinajstić information content (AvgIpc) is 2.47. The molecule has 1 fully saturated rings. The number of piperazine rings is 1. The maximum Gasteiger partial charge on any atom is 0.243 e. The van der Waals surface area contributed by atoms with Crippen LogP contribution in [0.25, 0.3) is 0 Å². The van der Waals surface area contributed by atoms with Crippen molar-refractivity contribution in [2.45, 2.75) is 17.9 Å². The summed E-state index contributed by atoms with van der Waals surface area (Å²) in [4.78, 5) is 13.7. The predicted octanol–water partition coefficient (Wildman–Crippen LogP) is 0.289. The van der Waals surface area contributed by atoms with Crippen molar-refractivity contribution in [3.05, 3.63) is 30.3 Å². The molecule has 2 N–H and O–H groups in total. The van der Waals surface area contributed by atoms with Crippen molar-refractivity contribution in [3.63, 3.8) is 0 Å². The number of carbonyl (C=O) groups is 1. The molecule has 1 aromatic carbocycles. The first-order valence-electron chi connectivity index (χ1n) is 6.52. The number of carbonyl (C=O) groups excluding carboxylic acids is 1. The van der Waals surface area contributed by atoms with Gasteiger partial charge in [0.2, 0.25) is 15.9 Å². The molecule has 0 radical (unpaired) electrons. The minimum Gasteiger partial charge on any atom is -0.339 e. The maximum absolute atomic E-state index is 12.4. The number of benzene rings is 1. The highest BCUT2D eigenvalue weighted by Crippen LogP contribution is 2.17. The lowest BCUT2D eigenvalue weighted by Gasteiger charge is -2.34. The highest BCUT2D eigenvalue weighted by Gasteiger charge is 2.30. The zero-order chi connectivity index (χ0) is 14.8. The summed E-state index contributed by atoms with van der Waals surface area (Å²) in [6.07, 6.45) is 0. The number of rotatable bonds is 3. The Hall–Kier alpha value is -1.15. The van der Waals surface area contributed by atoms with E-state index in [4.69, 9.17) is 5.73 Å². The largest absolute Gasteiger partial charge is 0.339 e. The molecule has 118 valence electrons. The third-order valence-corrected chi connectivity index (χ3v) is 5.23. The molecule has 1 saturated heterocycles. The summed E-state index contributed by atoms with van der Waals surface area (Å²) in [7, 11) is -3.47. The van der Waals surface area contributed by atoms with E-state index in [2.05, 4.69) is 0 Å². The van der Waals surface area contributed by atoms with E-state index in [0.29, 0.717) is 26.2 Å². The Morgan fingerprint density at radius 3 is 2.14 bits per heavy atom. The highest BCUT2D eigenvalue weighted by molar-refractivity contribution is 7.89. The van der Waals surface area contributed by atoms with Crippen molar-refractivity contribution in [2.75, 3.05) is 26.2 Å². The van der Waals surface area contributed by atoms with Crippen LogP contribution in [0.3, 0.4) is 0 Å². The van der Waals surface area contributed by atoms with Gasteiger partial charge in [-0.05, 0) is 19.1 Å². The lowest BCUT2D eigenvalue weighted by atomic mass is 10.2. The Kier molecular flexibility index (Phi) is 6.15. The zero-order valence-corrected chi connectivity index (χ0v) is 13.4. The van der Waals surface area contributed by atoms with Crippen LogP contribution in [0.2, 0.25) is 0 Å². The van der Waals surface area contributed by atoms with Crippen LogP contribution in [0.5, 0.6) is 0 Å². The molecule has 0 bridgehead atoms. The van der Waals surface area contributed by atoms with Gasteiger partial charge in [0.1, 0.15) is 0 Å². The number of halogens is 1. The number of nitrogens with zero attached hydrogens (tertiary/aromatic N) is 2. The maximum atomic E-state index is 12.4. The second-order valence-corrected chi connectivity index (χ2v) is 6.77. The molecule has 2 rings (SSSR count). The van der Waals surface area contributed by atoms with Crippen LogP contribution >= 0.6 is 12.4 Å². The molecule has 0 aromatic heterocycles. The quantitative estimate of drug-likeness (QED) is 0.861. The second-order valence-electron chi connectivity index (χ2n) is 4.83. The van der Waals surface area contributed by atoms with E-state index in [-0.39, 0.29) is 23.2 Å². The van der Waals surface area contributed by atoms with Crippen molar-refractivity contribution in [1.82, 2.24) is 9.21 Å². The molecule has 1 aromatic rings. The van der Waals surface area contributed by atoms with Crippen LogP contribution in [0, 0.1) is 0 Å². The van der Waals surface area contributed by atoms with Gasteiger partial charge in [-0.15, -0.1) is 12.4 Å². The predicted molar refractivity (Wildman–Crippen MR) is 82.7 cm³/mol. The third-order valence-electron chi connectivity index (χ3n) is 3.32. The number of nitrogens with two attached hydrogens (primary N) is 1. The molecule has 1 aliphatic rings. The average molecular weight is 334 g/mol. The fraction of sp³-hybridized carbons (Fsp3) is 0.462. The minimum absolute atomic E-state index is 0. The van der Waals surface area contributed by atoms with Crippen LogP contribution in [-0.4, -0.2) is 55.8 Å². The van der Waals surface area contributed by atoms with Crippen molar-refractivity contribution in [1.29, 1.82) is 0 Å². The molecule has 1 heterocycles. The van der Waals surface area contributed by atoms with Crippen LogP contribution in [0.1, 0.15) is 6.92 Å². The zero-order valence-electron chi connectivity index (χ0n) is 11.8. The minimum atomic E-state index is -3.47. The SMILES string of the molecule is C[C@@H](N)C(=O)N1CCN(S(=O)(=O)c2ccccc2)CC1.Cl. The van der Waals surface area contributed by atoms with Gasteiger partial charge < -0.3 is 10.6 Å². The summed E-state index contributed by atoms with van der Waals surface area (Å²) < 4.78 is 26.2. The number of amides is 1. The summed E-state index contributed by atoms with van der Waals surface area (Å²) in [6.45, 7) is 3.00. The molecule has 8 heteroatoms. The van der Waals surface area contributed by atoms with E-state index in [1.54, 1.807) is 42.2 Å². The Bertz CT molecular complexity index is 570. The first kappa shape index (κ1) is 17.9. The van der Waals surface area contributed by atoms with Crippen LogP contribution in [0.15, 0.2) is 35.2 Å². The Morgan fingerprint density at radius 1 is 1.14 bits per heavy atom. The van der Waals surface area contributed by atoms with Gasteiger partial charge in [0, 0.05) is 26.2 Å². The summed E-state index contributed by atoms with van der Waals surface area (Å²) in [5.41, 5.74) is 5.56. The van der Waals surface area contributed by atoms with Crippen molar-refractivity contribution >= 4 is 28.3 Å². The van der Waals surface area contributed by atoms with Gasteiger partial charge in [-0.3, -0.25) is 4.79 Å². The van der Waals surface area contributed by atoms with Crippen LogP contribution in [0.4, 0.5) is 0 Å². The summed E-state index contributed by atoms with van der Waals surface area (Å²) in [5.74, 6) is -0.137. The number of sulfonamides is 1. The third kappa shape index (κ3) is 3.94. The Labute approximate surface area is 131 Å². The van der Waals surface area contributed by atoms with E-state index in [1.807, 2.05) is 0 Å². The van der Waals surface area contributed by atoms with E-state index >= 15 is 0 Å². The standard InChI is InChI=1S/C13H19N3O3S.ClH/c1-11(14)13(17)15-7-9-16(10-8-15)20(18,19)12-5-3-2-4-6-12;/h2-6,11H,7-10,14H2,1H3;1H/t11-;/m1./s1. The summed E-state index contributed by atoms with van der Waals surface area (Å²) >= 11 is 0. The molecular weight excluding hydrogens is 314 g/mol. The molecule has 0 aliphatic carbocycles. The molecule has 1 atom stereocenters. The first-order valence-corrected chi connectivity index (χ1v) is 7.96. The fourth-order valence-electron chi connectivity index (χ4n) is 2.18. The van der Waals surface area contributed by atoms with Crippen LogP contribution < -0.4 is 5.73 Å². The molecule has 0 saturated carbocycles. The van der Waals surface area contributed by atoms with Gasteiger partial charge in [0.25, 0.3) is 0 Å².